The lowest BCUT2D eigenvalue weighted by molar-refractivity contribution is 0.172. The van der Waals surface area contributed by atoms with E-state index >= 15 is 0 Å². The third kappa shape index (κ3) is 2.23. The zero-order valence-corrected chi connectivity index (χ0v) is 13.5. The van der Waals surface area contributed by atoms with Gasteiger partial charge in [-0.25, -0.2) is 0 Å². The summed E-state index contributed by atoms with van der Waals surface area (Å²) in [5.41, 5.74) is 3.27. The van der Waals surface area contributed by atoms with Crippen LogP contribution in [0.4, 0.5) is 0 Å². The standard InChI is InChI=1S/C16H27BN2/c1-15(2)13-10-8-9-11-14(13)17(12-19(15)7)16(3,4)18(5)6/h8-11H,12H2,1-7H3. The molecule has 3 heteroatoms. The van der Waals surface area contributed by atoms with Gasteiger partial charge in [0.05, 0.1) is 0 Å². The molecular weight excluding hydrogens is 231 g/mol. The molecule has 0 N–H and O–H groups in total. The number of nitrogens with zero attached hydrogens (tertiary/aromatic N) is 2. The number of hydrogen-bond acceptors (Lipinski definition) is 2. The summed E-state index contributed by atoms with van der Waals surface area (Å²) in [7, 11) is 6.61. The largest absolute Gasteiger partial charge is 0.311 e. The van der Waals surface area contributed by atoms with Gasteiger partial charge in [0.15, 0.2) is 0 Å². The third-order valence-corrected chi connectivity index (χ3v) is 5.41. The minimum Gasteiger partial charge on any atom is -0.311 e. The van der Waals surface area contributed by atoms with Crippen LogP contribution in [0.25, 0.3) is 0 Å². The van der Waals surface area contributed by atoms with E-state index in [1.165, 1.54) is 11.0 Å². The second kappa shape index (κ2) is 4.64. The Hall–Kier alpha value is -0.795. The van der Waals surface area contributed by atoms with Crippen molar-refractivity contribution in [2.24, 2.45) is 0 Å². The van der Waals surface area contributed by atoms with E-state index in [0.717, 1.165) is 6.44 Å². The average Bonchev–Trinajstić information content (AvgIpc) is 2.34. The summed E-state index contributed by atoms with van der Waals surface area (Å²) in [6.07, 6.45) is 1.11. The highest BCUT2D eigenvalue weighted by Crippen LogP contribution is 2.32. The van der Waals surface area contributed by atoms with E-state index in [1.54, 1.807) is 0 Å². The van der Waals surface area contributed by atoms with E-state index in [-0.39, 0.29) is 11.0 Å². The van der Waals surface area contributed by atoms with Crippen molar-refractivity contribution in [2.75, 3.05) is 27.6 Å². The summed E-state index contributed by atoms with van der Waals surface area (Å²) >= 11 is 0. The van der Waals surface area contributed by atoms with E-state index in [9.17, 15) is 0 Å². The lowest BCUT2D eigenvalue weighted by Gasteiger charge is -2.49. The Labute approximate surface area is 118 Å². The van der Waals surface area contributed by atoms with E-state index in [0.29, 0.717) is 6.71 Å². The highest BCUT2D eigenvalue weighted by atomic mass is 15.2. The van der Waals surface area contributed by atoms with Crippen molar-refractivity contribution in [1.82, 2.24) is 9.80 Å². The van der Waals surface area contributed by atoms with Crippen LogP contribution in [0.1, 0.15) is 33.3 Å². The fourth-order valence-electron chi connectivity index (χ4n) is 3.08. The topological polar surface area (TPSA) is 6.48 Å². The van der Waals surface area contributed by atoms with Crippen LogP contribution >= 0.6 is 0 Å². The van der Waals surface area contributed by atoms with Gasteiger partial charge in [-0.15, -0.1) is 0 Å². The van der Waals surface area contributed by atoms with Crippen molar-refractivity contribution < 1.29 is 0 Å². The maximum absolute atomic E-state index is 2.49. The highest BCUT2D eigenvalue weighted by molar-refractivity contribution is 6.77. The first-order valence-corrected chi connectivity index (χ1v) is 7.17. The molecule has 1 aromatic carbocycles. The SMILES string of the molecule is CN(C)C(C)(C)B1CN(C)C(C)(C)c2ccccc21. The van der Waals surface area contributed by atoms with Gasteiger partial charge in [0, 0.05) is 5.54 Å². The van der Waals surface area contributed by atoms with Crippen LogP contribution < -0.4 is 5.46 Å². The van der Waals surface area contributed by atoms with Crippen molar-refractivity contribution in [2.45, 2.75) is 38.7 Å². The Bertz CT molecular complexity index is 466. The van der Waals surface area contributed by atoms with Gasteiger partial charge in [0.1, 0.15) is 0 Å². The van der Waals surface area contributed by atoms with Gasteiger partial charge in [0.2, 0.25) is 6.71 Å². The molecule has 0 amide bonds. The summed E-state index contributed by atoms with van der Waals surface area (Å²) in [6, 6.07) is 8.96. The van der Waals surface area contributed by atoms with E-state index in [1.807, 2.05) is 0 Å². The van der Waals surface area contributed by atoms with Gasteiger partial charge in [-0.3, -0.25) is 0 Å². The maximum Gasteiger partial charge on any atom is 0.213 e. The van der Waals surface area contributed by atoms with Crippen molar-refractivity contribution in [3.05, 3.63) is 29.8 Å². The van der Waals surface area contributed by atoms with Gasteiger partial charge in [-0.2, -0.15) is 0 Å². The summed E-state index contributed by atoms with van der Waals surface area (Å²) < 4.78 is 0. The monoisotopic (exact) mass is 258 g/mol. The van der Waals surface area contributed by atoms with Crippen LogP contribution in [0.2, 0.25) is 0 Å². The molecule has 1 aromatic rings. The second-order valence-electron chi connectivity index (χ2n) is 7.13. The summed E-state index contributed by atoms with van der Waals surface area (Å²) in [5, 5.41) is 0. The third-order valence-electron chi connectivity index (χ3n) is 5.41. The molecule has 0 fully saturated rings. The zero-order valence-electron chi connectivity index (χ0n) is 13.5. The molecule has 104 valence electrons. The molecule has 2 nitrogen and oxygen atoms in total. The Morgan fingerprint density at radius 1 is 1.21 bits per heavy atom. The quantitative estimate of drug-likeness (QED) is 0.748. The van der Waals surface area contributed by atoms with Crippen LogP contribution in [0.15, 0.2) is 24.3 Å². The van der Waals surface area contributed by atoms with Crippen LogP contribution in [-0.2, 0) is 5.54 Å². The molecular formula is C16H27BN2. The second-order valence-corrected chi connectivity index (χ2v) is 7.13. The first kappa shape index (κ1) is 14.6. The minimum atomic E-state index is 0.121. The molecule has 19 heavy (non-hydrogen) atoms. The normalized spacial score (nSPS) is 19.7. The van der Waals surface area contributed by atoms with Crippen molar-refractivity contribution in [3.8, 4) is 0 Å². The molecule has 0 unspecified atom stereocenters. The fourth-order valence-corrected chi connectivity index (χ4v) is 3.08. The van der Waals surface area contributed by atoms with Crippen molar-refractivity contribution in [1.29, 1.82) is 0 Å². The molecule has 0 aliphatic carbocycles. The van der Waals surface area contributed by atoms with Crippen LogP contribution in [0, 0.1) is 0 Å². The maximum atomic E-state index is 2.49. The summed E-state index contributed by atoms with van der Waals surface area (Å²) in [6.45, 7) is 9.88. The Morgan fingerprint density at radius 3 is 2.37 bits per heavy atom. The molecule has 0 saturated heterocycles. The minimum absolute atomic E-state index is 0.121. The molecule has 0 radical (unpaired) electrons. The zero-order chi connectivity index (χ0) is 14.4. The van der Waals surface area contributed by atoms with Crippen molar-refractivity contribution >= 4 is 12.2 Å². The van der Waals surface area contributed by atoms with Gasteiger partial charge in [-0.1, -0.05) is 43.6 Å². The van der Waals surface area contributed by atoms with Gasteiger partial charge in [-0.05, 0) is 52.4 Å². The Kier molecular flexibility index (Phi) is 3.57. The molecule has 0 bridgehead atoms. The smallest absolute Gasteiger partial charge is 0.213 e. The predicted octanol–water partition coefficient (Wildman–Crippen LogP) is 1.99. The summed E-state index contributed by atoms with van der Waals surface area (Å²) in [4.78, 5) is 4.84. The number of rotatable bonds is 2. The first-order valence-electron chi connectivity index (χ1n) is 7.17. The first-order chi connectivity index (χ1) is 8.69. The molecule has 1 aliphatic rings. The molecule has 2 rings (SSSR count). The molecule has 1 aliphatic heterocycles. The van der Waals surface area contributed by atoms with Gasteiger partial charge in [0.25, 0.3) is 0 Å². The predicted molar refractivity (Wildman–Crippen MR) is 85.3 cm³/mol. The highest BCUT2D eigenvalue weighted by Gasteiger charge is 2.45. The molecule has 0 aromatic heterocycles. The van der Waals surface area contributed by atoms with E-state index in [4.69, 9.17) is 0 Å². The van der Waals surface area contributed by atoms with Crippen molar-refractivity contribution in [3.63, 3.8) is 0 Å². The van der Waals surface area contributed by atoms with E-state index in [2.05, 4.69) is 82.9 Å². The number of benzene rings is 1. The summed E-state index contributed by atoms with van der Waals surface area (Å²) in [5.74, 6) is 0. The van der Waals surface area contributed by atoms with Crippen LogP contribution in [0.5, 0.6) is 0 Å². The van der Waals surface area contributed by atoms with Crippen LogP contribution in [-0.4, -0.2) is 49.5 Å². The van der Waals surface area contributed by atoms with Gasteiger partial charge >= 0.3 is 0 Å². The molecule has 0 saturated carbocycles. The Morgan fingerprint density at radius 2 is 1.79 bits per heavy atom. The number of fused-ring (bicyclic) bond motifs is 1. The lowest BCUT2D eigenvalue weighted by Crippen LogP contribution is -2.68. The number of hydrogen-bond donors (Lipinski definition) is 0. The average molecular weight is 258 g/mol. The molecule has 1 heterocycles. The van der Waals surface area contributed by atoms with Gasteiger partial charge < -0.3 is 9.80 Å². The lowest BCUT2D eigenvalue weighted by atomic mass is 9.31. The fraction of sp³-hybridized carbons (Fsp3) is 0.625. The molecule has 0 spiro atoms. The van der Waals surface area contributed by atoms with E-state index < -0.39 is 0 Å². The Balaban J connectivity index is 2.56. The van der Waals surface area contributed by atoms with Crippen LogP contribution in [0.3, 0.4) is 0 Å². The molecule has 0 atom stereocenters.